The summed E-state index contributed by atoms with van der Waals surface area (Å²) in [5.41, 5.74) is 0. The molecule has 0 fully saturated rings. The number of rotatable bonds is 4. The topological polar surface area (TPSA) is 43.4 Å². The van der Waals surface area contributed by atoms with Gasteiger partial charge >= 0.3 is 0 Å². The van der Waals surface area contributed by atoms with E-state index >= 15 is 0 Å². The van der Waals surface area contributed by atoms with Gasteiger partial charge in [-0.1, -0.05) is 38.6 Å². The van der Waals surface area contributed by atoms with E-state index in [1.165, 1.54) is 18.4 Å². The number of benzene rings is 2. The monoisotopic (exact) mass is 290 g/mol. The standard InChI is InChI=1S/C14H12O3S.C2H6/c1-2-17-12-8-10-14(11-9-12)18(15,16)13-6-4-3-5-7-13;1-2/h2-11H,1H2;1-2H3. The van der Waals surface area contributed by atoms with Crippen LogP contribution in [0.3, 0.4) is 0 Å². The van der Waals surface area contributed by atoms with Crippen molar-refractivity contribution in [2.75, 3.05) is 0 Å². The fourth-order valence-corrected chi connectivity index (χ4v) is 2.81. The van der Waals surface area contributed by atoms with Crippen molar-refractivity contribution in [2.24, 2.45) is 0 Å². The lowest BCUT2D eigenvalue weighted by atomic mass is 10.3. The van der Waals surface area contributed by atoms with Crippen molar-refractivity contribution in [3.8, 4) is 5.75 Å². The molecule has 20 heavy (non-hydrogen) atoms. The molecule has 0 amide bonds. The van der Waals surface area contributed by atoms with Gasteiger partial charge in [0.25, 0.3) is 0 Å². The average Bonchev–Trinajstić information content (AvgIpc) is 2.51. The van der Waals surface area contributed by atoms with Crippen LogP contribution in [0.4, 0.5) is 0 Å². The molecule has 106 valence electrons. The predicted molar refractivity (Wildman–Crippen MR) is 80.5 cm³/mol. The molecule has 0 spiro atoms. The fourth-order valence-electron chi connectivity index (χ4n) is 1.53. The van der Waals surface area contributed by atoms with Crippen LogP contribution in [-0.4, -0.2) is 8.42 Å². The summed E-state index contributed by atoms with van der Waals surface area (Å²) < 4.78 is 29.5. The molecule has 0 N–H and O–H groups in total. The molecule has 0 bridgehead atoms. The molecule has 0 heterocycles. The van der Waals surface area contributed by atoms with Crippen LogP contribution in [0.2, 0.25) is 0 Å². The normalized spacial score (nSPS) is 10.1. The molecular formula is C16H18O3S. The van der Waals surface area contributed by atoms with Crippen LogP contribution in [0.1, 0.15) is 13.8 Å². The third kappa shape index (κ3) is 3.71. The minimum absolute atomic E-state index is 0.241. The van der Waals surface area contributed by atoms with Crippen LogP contribution < -0.4 is 4.74 Å². The summed E-state index contributed by atoms with van der Waals surface area (Å²) in [6.07, 6.45) is 1.29. The van der Waals surface area contributed by atoms with Crippen LogP contribution in [0.15, 0.2) is 77.2 Å². The Bertz CT molecular complexity index is 629. The zero-order valence-corrected chi connectivity index (χ0v) is 12.4. The highest BCUT2D eigenvalue weighted by molar-refractivity contribution is 7.91. The maximum atomic E-state index is 12.2. The second kappa shape index (κ2) is 7.50. The highest BCUT2D eigenvalue weighted by Crippen LogP contribution is 2.22. The minimum Gasteiger partial charge on any atom is -0.466 e. The van der Waals surface area contributed by atoms with E-state index in [4.69, 9.17) is 4.74 Å². The molecule has 3 nitrogen and oxygen atoms in total. The first-order valence-electron chi connectivity index (χ1n) is 6.32. The first kappa shape index (κ1) is 16.0. The van der Waals surface area contributed by atoms with Gasteiger partial charge < -0.3 is 4.74 Å². The highest BCUT2D eigenvalue weighted by atomic mass is 32.2. The molecule has 0 unspecified atom stereocenters. The smallest absolute Gasteiger partial charge is 0.206 e. The number of ether oxygens (including phenoxy) is 1. The Labute approximate surface area is 120 Å². The van der Waals surface area contributed by atoms with Crippen molar-refractivity contribution in [1.29, 1.82) is 0 Å². The molecule has 2 aromatic rings. The van der Waals surface area contributed by atoms with E-state index in [0.29, 0.717) is 5.75 Å². The Kier molecular flexibility index (Phi) is 6.00. The van der Waals surface area contributed by atoms with Gasteiger partial charge in [-0.25, -0.2) is 8.42 Å². The molecular weight excluding hydrogens is 272 g/mol. The molecule has 0 saturated heterocycles. The van der Waals surface area contributed by atoms with E-state index in [1.54, 1.807) is 42.5 Å². The van der Waals surface area contributed by atoms with Crippen molar-refractivity contribution in [2.45, 2.75) is 23.6 Å². The second-order valence-corrected chi connectivity index (χ2v) is 5.52. The van der Waals surface area contributed by atoms with Gasteiger partial charge in [-0.2, -0.15) is 0 Å². The summed E-state index contributed by atoms with van der Waals surface area (Å²) in [6, 6.07) is 14.5. The molecule has 4 heteroatoms. The van der Waals surface area contributed by atoms with Crippen molar-refractivity contribution in [1.82, 2.24) is 0 Å². The lowest BCUT2D eigenvalue weighted by molar-refractivity contribution is 0.483. The quantitative estimate of drug-likeness (QED) is 0.797. The maximum absolute atomic E-state index is 12.2. The SMILES string of the molecule is C=COc1ccc(S(=O)(=O)c2ccccc2)cc1.CC. The maximum Gasteiger partial charge on any atom is 0.206 e. The number of sulfone groups is 1. The summed E-state index contributed by atoms with van der Waals surface area (Å²) in [5, 5.41) is 0. The highest BCUT2D eigenvalue weighted by Gasteiger charge is 2.16. The van der Waals surface area contributed by atoms with Gasteiger partial charge in [-0.05, 0) is 36.4 Å². The summed E-state index contributed by atoms with van der Waals surface area (Å²) >= 11 is 0. The summed E-state index contributed by atoms with van der Waals surface area (Å²) in [6.45, 7) is 7.43. The van der Waals surface area contributed by atoms with Gasteiger partial charge in [0, 0.05) is 0 Å². The molecule has 0 aliphatic heterocycles. The largest absolute Gasteiger partial charge is 0.466 e. The van der Waals surface area contributed by atoms with E-state index in [1.807, 2.05) is 13.8 Å². The molecule has 2 aromatic carbocycles. The van der Waals surface area contributed by atoms with Crippen molar-refractivity contribution >= 4 is 9.84 Å². The van der Waals surface area contributed by atoms with Crippen LogP contribution in [0.5, 0.6) is 5.75 Å². The van der Waals surface area contributed by atoms with E-state index in [9.17, 15) is 8.42 Å². The van der Waals surface area contributed by atoms with Gasteiger partial charge in [-0.3, -0.25) is 0 Å². The zero-order valence-electron chi connectivity index (χ0n) is 11.6. The molecule has 0 aromatic heterocycles. The summed E-state index contributed by atoms with van der Waals surface area (Å²) in [7, 11) is -3.45. The van der Waals surface area contributed by atoms with Crippen LogP contribution in [0, 0.1) is 0 Å². The van der Waals surface area contributed by atoms with Crippen LogP contribution in [0.25, 0.3) is 0 Å². The van der Waals surface area contributed by atoms with Gasteiger partial charge in [-0.15, -0.1) is 0 Å². The summed E-state index contributed by atoms with van der Waals surface area (Å²) in [4.78, 5) is 0.521. The number of hydrogen-bond donors (Lipinski definition) is 0. The van der Waals surface area contributed by atoms with E-state index in [-0.39, 0.29) is 9.79 Å². The van der Waals surface area contributed by atoms with Gasteiger partial charge in [0.15, 0.2) is 0 Å². The first-order chi connectivity index (χ1) is 9.64. The van der Waals surface area contributed by atoms with E-state index in [2.05, 4.69) is 6.58 Å². The summed E-state index contributed by atoms with van der Waals surface area (Å²) in [5.74, 6) is 0.553. The van der Waals surface area contributed by atoms with E-state index < -0.39 is 9.84 Å². The zero-order chi connectivity index (χ0) is 15.0. The first-order valence-corrected chi connectivity index (χ1v) is 7.80. The molecule has 0 saturated carbocycles. The average molecular weight is 290 g/mol. The predicted octanol–water partition coefficient (Wildman–Crippen LogP) is 4.07. The number of hydrogen-bond acceptors (Lipinski definition) is 3. The Morgan fingerprint density at radius 3 is 1.90 bits per heavy atom. The van der Waals surface area contributed by atoms with Crippen molar-refractivity contribution < 1.29 is 13.2 Å². The third-order valence-corrected chi connectivity index (χ3v) is 4.19. The van der Waals surface area contributed by atoms with Crippen molar-refractivity contribution in [3.05, 3.63) is 67.4 Å². The van der Waals surface area contributed by atoms with Gasteiger partial charge in [0.2, 0.25) is 9.84 Å². The minimum atomic E-state index is -3.45. The lowest BCUT2D eigenvalue weighted by Gasteiger charge is -2.05. The van der Waals surface area contributed by atoms with Crippen LogP contribution >= 0.6 is 0 Å². The van der Waals surface area contributed by atoms with E-state index in [0.717, 1.165) is 0 Å². The molecule has 0 atom stereocenters. The van der Waals surface area contributed by atoms with Crippen LogP contribution in [-0.2, 0) is 9.84 Å². The third-order valence-electron chi connectivity index (χ3n) is 2.41. The second-order valence-electron chi connectivity index (χ2n) is 3.57. The van der Waals surface area contributed by atoms with Crippen molar-refractivity contribution in [3.63, 3.8) is 0 Å². The molecule has 2 rings (SSSR count). The van der Waals surface area contributed by atoms with Gasteiger partial charge in [0.05, 0.1) is 16.1 Å². The Hall–Kier alpha value is -2.07. The molecule has 0 radical (unpaired) electrons. The molecule has 0 aliphatic carbocycles. The van der Waals surface area contributed by atoms with Gasteiger partial charge in [0.1, 0.15) is 5.75 Å². The molecule has 0 aliphatic rings. The fraction of sp³-hybridized carbons (Fsp3) is 0.125. The Morgan fingerprint density at radius 1 is 0.900 bits per heavy atom. The Balaban J connectivity index is 0.000000956. The Morgan fingerprint density at radius 2 is 1.40 bits per heavy atom. The lowest BCUT2D eigenvalue weighted by Crippen LogP contribution is -2.01.